The Labute approximate surface area is 87.4 Å². The first-order chi connectivity index (χ1) is 7.30. The maximum atomic E-state index is 10.0. The fourth-order valence-electron chi connectivity index (χ4n) is 0.862. The molecule has 2 aromatic rings. The summed E-state index contributed by atoms with van der Waals surface area (Å²) >= 11 is 0. The normalized spacial score (nSPS) is 8.53. The third kappa shape index (κ3) is 4.52. The summed E-state index contributed by atoms with van der Waals surface area (Å²) in [6.07, 6.45) is 3.50. The number of hydrogen-bond acceptors (Lipinski definition) is 3. The topological polar surface area (TPSA) is 56.0 Å². The largest absolute Gasteiger partial charge is 0.269 e. The van der Waals surface area contributed by atoms with E-state index in [2.05, 4.69) is 4.98 Å². The fraction of sp³-hybridized carbons (Fsp3) is 0. The molecule has 1 aromatic heterocycles. The number of pyridine rings is 1. The third-order valence-corrected chi connectivity index (χ3v) is 1.53. The number of hydrogen-bond donors (Lipinski definition) is 0. The van der Waals surface area contributed by atoms with Crippen molar-refractivity contribution in [1.29, 1.82) is 0 Å². The predicted molar refractivity (Wildman–Crippen MR) is 57.3 cm³/mol. The Morgan fingerprint density at radius 3 is 1.73 bits per heavy atom. The highest BCUT2D eigenvalue weighted by Gasteiger charge is 1.98. The second-order valence-electron chi connectivity index (χ2n) is 2.62. The standard InChI is InChI=1S/C6H5NO2.C5H5N/c8-7(9)6-4-2-1-3-5-6;1-2-4-6-5-3-1/h1-5H;1-5H. The van der Waals surface area contributed by atoms with Gasteiger partial charge in [-0.25, -0.2) is 0 Å². The molecule has 0 spiro atoms. The number of nitro groups is 1. The number of non-ortho nitro benzene ring substituents is 1. The van der Waals surface area contributed by atoms with Gasteiger partial charge in [0.1, 0.15) is 0 Å². The maximum absolute atomic E-state index is 10.0. The number of rotatable bonds is 1. The molecule has 0 atom stereocenters. The first-order valence-corrected chi connectivity index (χ1v) is 4.35. The van der Waals surface area contributed by atoms with Gasteiger partial charge in [-0.3, -0.25) is 15.1 Å². The lowest BCUT2D eigenvalue weighted by molar-refractivity contribution is -0.384. The van der Waals surface area contributed by atoms with Crippen molar-refractivity contribution < 1.29 is 4.92 Å². The second kappa shape index (κ2) is 6.26. The van der Waals surface area contributed by atoms with Crippen molar-refractivity contribution in [3.63, 3.8) is 0 Å². The summed E-state index contributed by atoms with van der Waals surface area (Å²) in [6, 6.07) is 13.6. The molecule has 1 aromatic carbocycles. The summed E-state index contributed by atoms with van der Waals surface area (Å²) in [6.45, 7) is 0. The summed E-state index contributed by atoms with van der Waals surface area (Å²) in [5, 5.41) is 10.0. The van der Waals surface area contributed by atoms with Crippen molar-refractivity contribution in [1.82, 2.24) is 4.98 Å². The molecule has 0 saturated carbocycles. The van der Waals surface area contributed by atoms with Crippen LogP contribution in [-0.2, 0) is 0 Å². The monoisotopic (exact) mass is 202 g/mol. The smallest absolute Gasteiger partial charge is 0.265 e. The molecule has 1 heterocycles. The summed E-state index contributed by atoms with van der Waals surface area (Å²) < 4.78 is 0. The van der Waals surface area contributed by atoms with E-state index >= 15 is 0 Å². The highest BCUT2D eigenvalue weighted by Crippen LogP contribution is 2.06. The number of benzene rings is 1. The van der Waals surface area contributed by atoms with E-state index in [9.17, 15) is 10.1 Å². The van der Waals surface area contributed by atoms with Crippen molar-refractivity contribution in [2.75, 3.05) is 0 Å². The van der Waals surface area contributed by atoms with Crippen LogP contribution in [0.3, 0.4) is 0 Å². The van der Waals surface area contributed by atoms with Gasteiger partial charge >= 0.3 is 0 Å². The minimum absolute atomic E-state index is 0.137. The molecule has 0 unspecified atom stereocenters. The van der Waals surface area contributed by atoms with Gasteiger partial charge in [0.15, 0.2) is 0 Å². The van der Waals surface area contributed by atoms with E-state index in [1.54, 1.807) is 30.6 Å². The zero-order valence-corrected chi connectivity index (χ0v) is 7.98. The van der Waals surface area contributed by atoms with Crippen LogP contribution in [0.5, 0.6) is 0 Å². The van der Waals surface area contributed by atoms with Crippen molar-refractivity contribution >= 4 is 5.69 Å². The van der Waals surface area contributed by atoms with E-state index in [1.807, 2.05) is 18.2 Å². The Hall–Kier alpha value is -2.23. The highest BCUT2D eigenvalue weighted by molar-refractivity contribution is 5.27. The number of nitro benzene ring substituents is 1. The lowest BCUT2D eigenvalue weighted by atomic mass is 10.3. The molecule has 76 valence electrons. The molecule has 0 radical (unpaired) electrons. The molecule has 0 N–H and O–H groups in total. The lowest BCUT2D eigenvalue weighted by Gasteiger charge is -1.85. The Bertz CT molecular complexity index is 363. The van der Waals surface area contributed by atoms with Gasteiger partial charge in [0.2, 0.25) is 0 Å². The Morgan fingerprint density at radius 2 is 1.47 bits per heavy atom. The molecular formula is C11H10N2O2. The molecule has 2 rings (SSSR count). The molecule has 15 heavy (non-hydrogen) atoms. The quantitative estimate of drug-likeness (QED) is 0.527. The molecular weight excluding hydrogens is 192 g/mol. The van der Waals surface area contributed by atoms with E-state index in [0.29, 0.717) is 0 Å². The molecule has 0 aliphatic rings. The molecule has 0 aliphatic carbocycles. The molecule has 0 amide bonds. The number of aromatic nitrogens is 1. The predicted octanol–water partition coefficient (Wildman–Crippen LogP) is 2.68. The Kier molecular flexibility index (Phi) is 4.53. The van der Waals surface area contributed by atoms with E-state index in [-0.39, 0.29) is 5.69 Å². The van der Waals surface area contributed by atoms with E-state index in [1.165, 1.54) is 12.1 Å². The molecule has 4 heteroatoms. The zero-order valence-electron chi connectivity index (χ0n) is 7.98. The fourth-order valence-corrected chi connectivity index (χ4v) is 0.862. The van der Waals surface area contributed by atoms with Crippen molar-refractivity contribution in [3.8, 4) is 0 Å². The molecule has 0 fully saturated rings. The van der Waals surface area contributed by atoms with E-state index in [4.69, 9.17) is 0 Å². The van der Waals surface area contributed by atoms with Gasteiger partial charge in [0.05, 0.1) is 4.92 Å². The zero-order chi connectivity index (χ0) is 10.9. The average Bonchev–Trinajstić information content (AvgIpc) is 2.33. The minimum atomic E-state index is -0.417. The van der Waals surface area contributed by atoms with Gasteiger partial charge in [0.25, 0.3) is 5.69 Å². The Morgan fingerprint density at radius 1 is 0.933 bits per heavy atom. The van der Waals surface area contributed by atoms with Gasteiger partial charge in [-0.2, -0.15) is 0 Å². The molecule has 0 bridgehead atoms. The summed E-state index contributed by atoms with van der Waals surface area (Å²) in [7, 11) is 0. The van der Waals surface area contributed by atoms with Crippen LogP contribution in [0.25, 0.3) is 0 Å². The van der Waals surface area contributed by atoms with Crippen LogP contribution in [-0.4, -0.2) is 9.91 Å². The van der Waals surface area contributed by atoms with Crippen LogP contribution >= 0.6 is 0 Å². The maximum Gasteiger partial charge on any atom is 0.269 e. The van der Waals surface area contributed by atoms with Crippen LogP contribution in [0.15, 0.2) is 60.9 Å². The van der Waals surface area contributed by atoms with Gasteiger partial charge in [0, 0.05) is 24.5 Å². The summed E-state index contributed by atoms with van der Waals surface area (Å²) in [5.74, 6) is 0. The van der Waals surface area contributed by atoms with Gasteiger partial charge in [-0.15, -0.1) is 0 Å². The Balaban J connectivity index is 0.000000162. The number of nitrogens with zero attached hydrogens (tertiary/aromatic N) is 2. The van der Waals surface area contributed by atoms with Gasteiger partial charge in [-0.1, -0.05) is 24.3 Å². The van der Waals surface area contributed by atoms with Crippen molar-refractivity contribution in [2.24, 2.45) is 0 Å². The first-order valence-electron chi connectivity index (χ1n) is 4.35. The average molecular weight is 202 g/mol. The third-order valence-electron chi connectivity index (χ3n) is 1.53. The van der Waals surface area contributed by atoms with Crippen LogP contribution < -0.4 is 0 Å². The van der Waals surface area contributed by atoms with Crippen LogP contribution in [0.1, 0.15) is 0 Å². The van der Waals surface area contributed by atoms with Crippen LogP contribution in [0.2, 0.25) is 0 Å². The highest BCUT2D eigenvalue weighted by atomic mass is 16.6. The molecule has 0 aliphatic heterocycles. The molecule has 0 saturated heterocycles. The molecule has 4 nitrogen and oxygen atoms in total. The van der Waals surface area contributed by atoms with Crippen molar-refractivity contribution in [2.45, 2.75) is 0 Å². The van der Waals surface area contributed by atoms with Gasteiger partial charge < -0.3 is 0 Å². The van der Waals surface area contributed by atoms with Gasteiger partial charge in [-0.05, 0) is 12.1 Å². The van der Waals surface area contributed by atoms with Crippen molar-refractivity contribution in [3.05, 3.63) is 71.0 Å². The summed E-state index contributed by atoms with van der Waals surface area (Å²) in [4.78, 5) is 13.4. The first kappa shape index (κ1) is 10.8. The second-order valence-corrected chi connectivity index (χ2v) is 2.62. The van der Waals surface area contributed by atoms with E-state index < -0.39 is 4.92 Å². The summed E-state index contributed by atoms with van der Waals surface area (Å²) in [5.41, 5.74) is 0.137. The lowest BCUT2D eigenvalue weighted by Crippen LogP contribution is -1.84. The van der Waals surface area contributed by atoms with Crippen LogP contribution in [0.4, 0.5) is 5.69 Å². The number of para-hydroxylation sites is 1. The van der Waals surface area contributed by atoms with Crippen LogP contribution in [0, 0.1) is 10.1 Å². The SMILES string of the molecule is O=[N+]([O-])c1ccccc1.c1ccncc1. The minimum Gasteiger partial charge on any atom is -0.265 e. The van der Waals surface area contributed by atoms with E-state index in [0.717, 1.165) is 0 Å².